The number of hydrogen-bond donors (Lipinski definition) is 3. The van der Waals surface area contributed by atoms with E-state index in [1.165, 1.54) is 34.4 Å². The number of nitrogens with one attached hydrogen (secondary N) is 2. The van der Waals surface area contributed by atoms with Gasteiger partial charge < -0.3 is 15.8 Å². The molecule has 6 heteroatoms. The first kappa shape index (κ1) is 33.4. The molecule has 0 bridgehead atoms. The lowest BCUT2D eigenvalue weighted by molar-refractivity contribution is 0.139. The van der Waals surface area contributed by atoms with Crippen molar-refractivity contribution < 1.29 is 4.74 Å². The number of aliphatic imine (C=N–C) groups is 1. The Bertz CT molecular complexity index is 1030. The summed E-state index contributed by atoms with van der Waals surface area (Å²) in [4.78, 5) is 5.25. The van der Waals surface area contributed by atoms with Crippen molar-refractivity contribution in [3.8, 4) is 0 Å². The highest BCUT2D eigenvalue weighted by Crippen LogP contribution is 2.31. The van der Waals surface area contributed by atoms with Crippen LogP contribution in [0.15, 0.2) is 35.6 Å². The van der Waals surface area contributed by atoms with E-state index < -0.39 is 0 Å². The molecule has 3 rings (SSSR count). The summed E-state index contributed by atoms with van der Waals surface area (Å²) in [5.74, 6) is 1.06. The Labute approximate surface area is 232 Å². The first-order valence-electron chi connectivity index (χ1n) is 14.4. The summed E-state index contributed by atoms with van der Waals surface area (Å²) in [5, 5.41) is 10.8. The summed E-state index contributed by atoms with van der Waals surface area (Å²) in [6, 6.07) is 4.54. The Kier molecular flexibility index (Phi) is 16.3. The van der Waals surface area contributed by atoms with E-state index in [1.807, 2.05) is 13.8 Å². The van der Waals surface area contributed by atoms with Gasteiger partial charge in [0.05, 0.1) is 18.0 Å². The van der Waals surface area contributed by atoms with Crippen molar-refractivity contribution in [3.05, 3.63) is 64.3 Å². The molecule has 0 fully saturated rings. The topological polar surface area (TPSA) is 88.3 Å². The Morgan fingerprint density at radius 2 is 2.05 bits per heavy atom. The summed E-state index contributed by atoms with van der Waals surface area (Å²) in [6.45, 7) is 20.5. The Morgan fingerprint density at radius 3 is 2.66 bits per heavy atom. The van der Waals surface area contributed by atoms with E-state index in [4.69, 9.17) is 20.6 Å². The van der Waals surface area contributed by atoms with Gasteiger partial charge in [-0.3, -0.25) is 10.1 Å². The number of nitrogens with two attached hydrogens (primary N) is 1. The molecule has 1 aliphatic carbocycles. The minimum Gasteiger partial charge on any atom is -0.388 e. The molecule has 1 heterocycles. The summed E-state index contributed by atoms with van der Waals surface area (Å²) in [6.07, 6.45) is 8.10. The van der Waals surface area contributed by atoms with Gasteiger partial charge in [-0.15, -0.1) is 5.73 Å². The molecule has 6 nitrogen and oxygen atoms in total. The van der Waals surface area contributed by atoms with Crippen molar-refractivity contribution in [2.75, 3.05) is 26.8 Å². The molecule has 4 N–H and O–H groups in total. The third-order valence-corrected chi connectivity index (χ3v) is 6.85. The van der Waals surface area contributed by atoms with E-state index >= 15 is 0 Å². The normalized spacial score (nSPS) is 15.2. The fraction of sp³-hybridized carbons (Fsp3) is 0.594. The molecule has 2 unspecified atom stereocenters. The molecule has 38 heavy (non-hydrogen) atoms. The maximum atomic E-state index is 5.56. The van der Waals surface area contributed by atoms with Crippen LogP contribution in [0.4, 0.5) is 5.69 Å². The third-order valence-electron chi connectivity index (χ3n) is 6.85. The minimum absolute atomic E-state index is 0.360. The number of benzene rings is 1. The molecular weight excluding hydrogens is 470 g/mol. The maximum Gasteiger partial charge on any atom is 0.110 e. The van der Waals surface area contributed by atoms with Gasteiger partial charge in [-0.1, -0.05) is 47.3 Å². The van der Waals surface area contributed by atoms with E-state index in [2.05, 4.69) is 69.5 Å². The average molecular weight is 524 g/mol. The van der Waals surface area contributed by atoms with Crippen LogP contribution in [0.1, 0.15) is 87.5 Å². The van der Waals surface area contributed by atoms with Crippen molar-refractivity contribution >= 4 is 11.4 Å². The zero-order valence-corrected chi connectivity index (χ0v) is 25.3. The molecule has 0 radical (unpaired) electrons. The Balaban J connectivity index is 0.000000924. The molecule has 0 spiro atoms. The summed E-state index contributed by atoms with van der Waals surface area (Å²) >= 11 is 0. The molecule has 212 valence electrons. The highest BCUT2D eigenvalue weighted by molar-refractivity contribution is 6.03. The van der Waals surface area contributed by atoms with E-state index in [-0.39, 0.29) is 0 Å². The van der Waals surface area contributed by atoms with Gasteiger partial charge in [0, 0.05) is 43.6 Å². The number of aromatic amines is 1. The molecular formula is C32H53N5O. The first-order chi connectivity index (χ1) is 18.4. The molecule has 0 aliphatic heterocycles. The number of fused-ring (bicyclic) bond motifs is 1. The molecule has 1 aromatic carbocycles. The van der Waals surface area contributed by atoms with Gasteiger partial charge in [-0.25, -0.2) is 0 Å². The van der Waals surface area contributed by atoms with Gasteiger partial charge in [0.2, 0.25) is 0 Å². The fourth-order valence-electron chi connectivity index (χ4n) is 4.53. The largest absolute Gasteiger partial charge is 0.388 e. The highest BCUT2D eigenvalue weighted by Gasteiger charge is 2.26. The monoisotopic (exact) mass is 523 g/mol. The van der Waals surface area contributed by atoms with Gasteiger partial charge in [-0.05, 0) is 81.0 Å². The predicted octanol–water partition coefficient (Wildman–Crippen LogP) is 6.76. The number of ether oxygens (including phenoxy) is 1. The standard InChI is InChI=1S/C26H40N4O.C4H7N.C2H6/c1-6-18(3)25(26-22-14-17(2)9-10-23(22)29-30-26)28-24-16-21(19(4)15-20(24)5)8-7-12-31-13-11-27;1-3-4-5-2;1-2/h15-18H,6-14,27H2,1-5H3,(H,29,30);4-5H,1H2,2H3;1-2H3. The van der Waals surface area contributed by atoms with Crippen LogP contribution in [0.2, 0.25) is 0 Å². The van der Waals surface area contributed by atoms with Crippen LogP contribution in [-0.2, 0) is 24.0 Å². The molecule has 0 saturated heterocycles. The van der Waals surface area contributed by atoms with Gasteiger partial charge in [-0.2, -0.15) is 5.10 Å². The van der Waals surface area contributed by atoms with Crippen LogP contribution >= 0.6 is 0 Å². The quantitative estimate of drug-likeness (QED) is 0.173. The number of aryl methyl sites for hydroxylation is 4. The molecule has 2 aromatic rings. The van der Waals surface area contributed by atoms with Crippen LogP contribution < -0.4 is 11.1 Å². The second-order valence-electron chi connectivity index (χ2n) is 9.89. The fourth-order valence-corrected chi connectivity index (χ4v) is 4.53. The van der Waals surface area contributed by atoms with Gasteiger partial charge in [0.25, 0.3) is 0 Å². The smallest absolute Gasteiger partial charge is 0.110 e. The van der Waals surface area contributed by atoms with Crippen LogP contribution in [0, 0.1) is 25.7 Å². The molecule has 0 amide bonds. The number of rotatable bonds is 11. The van der Waals surface area contributed by atoms with Crippen molar-refractivity contribution in [3.63, 3.8) is 0 Å². The van der Waals surface area contributed by atoms with Crippen molar-refractivity contribution in [2.24, 2.45) is 22.6 Å². The number of aromatic nitrogens is 2. The predicted molar refractivity (Wildman–Crippen MR) is 164 cm³/mol. The van der Waals surface area contributed by atoms with Gasteiger partial charge >= 0.3 is 0 Å². The lowest BCUT2D eigenvalue weighted by Gasteiger charge is -2.20. The van der Waals surface area contributed by atoms with Crippen molar-refractivity contribution in [1.82, 2.24) is 15.5 Å². The van der Waals surface area contributed by atoms with Crippen molar-refractivity contribution in [2.45, 2.75) is 87.0 Å². The second-order valence-corrected chi connectivity index (χ2v) is 9.89. The molecule has 2 atom stereocenters. The number of H-pyrrole nitrogens is 1. The average Bonchev–Trinajstić information content (AvgIpc) is 3.33. The van der Waals surface area contributed by atoms with E-state index in [9.17, 15) is 0 Å². The second kappa shape index (κ2) is 18.6. The van der Waals surface area contributed by atoms with E-state index in [0.29, 0.717) is 25.0 Å². The van der Waals surface area contributed by atoms with Crippen LogP contribution in [0.3, 0.4) is 0 Å². The van der Waals surface area contributed by atoms with E-state index in [0.717, 1.165) is 55.8 Å². The van der Waals surface area contributed by atoms with E-state index in [1.54, 1.807) is 13.2 Å². The summed E-state index contributed by atoms with van der Waals surface area (Å²) in [7, 11) is 1.80. The highest BCUT2D eigenvalue weighted by atomic mass is 16.5. The molecule has 0 saturated carbocycles. The first-order valence-corrected chi connectivity index (χ1v) is 14.4. The Morgan fingerprint density at radius 1 is 1.32 bits per heavy atom. The minimum atomic E-state index is 0.360. The summed E-state index contributed by atoms with van der Waals surface area (Å²) in [5.41, 5.74) is 17.9. The Hall–Kier alpha value is -2.66. The molecule has 1 aliphatic rings. The summed E-state index contributed by atoms with van der Waals surface area (Å²) < 4.78 is 5.56. The zero-order valence-electron chi connectivity index (χ0n) is 25.3. The number of hydrogen-bond acceptors (Lipinski definition) is 5. The molecule has 1 aromatic heterocycles. The van der Waals surface area contributed by atoms with Crippen LogP contribution in [0.5, 0.6) is 0 Å². The van der Waals surface area contributed by atoms with Gasteiger partial charge in [0.15, 0.2) is 0 Å². The number of nitrogens with zero attached hydrogens (tertiary/aromatic N) is 2. The van der Waals surface area contributed by atoms with Crippen LogP contribution in [-0.4, -0.2) is 42.7 Å². The lowest BCUT2D eigenvalue weighted by Crippen LogP contribution is -2.18. The lowest BCUT2D eigenvalue weighted by atomic mass is 9.85. The zero-order chi connectivity index (χ0) is 28.5. The third kappa shape index (κ3) is 10.2. The van der Waals surface area contributed by atoms with Crippen molar-refractivity contribution in [1.29, 1.82) is 0 Å². The van der Waals surface area contributed by atoms with Gasteiger partial charge in [0.1, 0.15) is 5.69 Å². The van der Waals surface area contributed by atoms with Crippen LogP contribution in [0.25, 0.3) is 0 Å². The maximum absolute atomic E-state index is 5.56. The SMILES string of the molecule is C=C=CNC.CC.CCC(C)C(=Nc1cc(CCCOCCN)c(C)cc1C)c1n[nH]c2c1CC(C)CC2.